The molecule has 0 bridgehead atoms. The molecule has 0 amide bonds. The normalized spacial score (nSPS) is 10.7. The number of nitrogens with zero attached hydrogens (tertiary/aromatic N) is 1. The second-order valence-electron chi connectivity index (χ2n) is 3.08. The Bertz CT molecular complexity index is 456. The molecule has 0 radical (unpaired) electrons. The van der Waals surface area contributed by atoms with E-state index in [0.29, 0.717) is 6.61 Å². The van der Waals surface area contributed by atoms with Crippen molar-refractivity contribution in [2.45, 2.75) is 6.61 Å². The first-order valence-electron chi connectivity index (χ1n) is 4.33. The molecule has 0 saturated heterocycles. The summed E-state index contributed by atoms with van der Waals surface area (Å²) in [5, 5.41) is 1.71. The number of pyridine rings is 1. The van der Waals surface area contributed by atoms with Gasteiger partial charge in [0.2, 0.25) is 0 Å². The third-order valence-corrected chi connectivity index (χ3v) is 2.37. The minimum Gasteiger partial charge on any atom is -0.380 e. The number of methoxy groups -OCH3 is 1. The number of hydrogen-bond donors (Lipinski definition) is 0. The van der Waals surface area contributed by atoms with Gasteiger partial charge in [-0.1, -0.05) is 17.7 Å². The zero-order chi connectivity index (χ0) is 9.97. The Balaban J connectivity index is 2.58. The van der Waals surface area contributed by atoms with Crippen LogP contribution in [0.1, 0.15) is 5.56 Å². The molecule has 14 heavy (non-hydrogen) atoms. The Hall–Kier alpha value is -1.12. The molecule has 0 N–H and O–H groups in total. The molecule has 0 saturated carbocycles. The first-order chi connectivity index (χ1) is 6.81. The van der Waals surface area contributed by atoms with E-state index in [9.17, 15) is 0 Å². The van der Waals surface area contributed by atoms with Gasteiger partial charge in [0.25, 0.3) is 0 Å². The second-order valence-corrected chi connectivity index (χ2v) is 3.49. The van der Waals surface area contributed by atoms with Crippen LogP contribution in [0.25, 0.3) is 10.9 Å². The highest BCUT2D eigenvalue weighted by Gasteiger charge is 2.00. The lowest BCUT2D eigenvalue weighted by Crippen LogP contribution is -1.89. The monoisotopic (exact) mass is 207 g/mol. The SMILES string of the molecule is COCc1cnc2cccc(Cl)c2c1. The Kier molecular flexibility index (Phi) is 2.66. The van der Waals surface area contributed by atoms with Crippen molar-refractivity contribution in [2.75, 3.05) is 7.11 Å². The number of aromatic nitrogens is 1. The van der Waals surface area contributed by atoms with Crippen molar-refractivity contribution in [1.29, 1.82) is 0 Å². The van der Waals surface area contributed by atoms with Crippen LogP contribution in [0.15, 0.2) is 30.5 Å². The van der Waals surface area contributed by atoms with Crippen LogP contribution in [-0.2, 0) is 11.3 Å². The average Bonchev–Trinajstić information content (AvgIpc) is 2.20. The molecule has 0 atom stereocenters. The Morgan fingerprint density at radius 3 is 3.07 bits per heavy atom. The van der Waals surface area contributed by atoms with Crippen LogP contribution >= 0.6 is 11.6 Å². The first kappa shape index (κ1) is 9.44. The Morgan fingerprint density at radius 2 is 2.29 bits per heavy atom. The molecule has 0 aliphatic carbocycles. The highest BCUT2D eigenvalue weighted by Crippen LogP contribution is 2.22. The fraction of sp³-hybridized carbons (Fsp3) is 0.182. The zero-order valence-corrected chi connectivity index (χ0v) is 8.58. The van der Waals surface area contributed by atoms with Crippen LogP contribution in [0.2, 0.25) is 5.02 Å². The van der Waals surface area contributed by atoms with Crippen LogP contribution < -0.4 is 0 Å². The van der Waals surface area contributed by atoms with Gasteiger partial charge in [0.1, 0.15) is 0 Å². The fourth-order valence-corrected chi connectivity index (χ4v) is 1.63. The molecule has 2 rings (SSSR count). The molecule has 1 aromatic carbocycles. The summed E-state index contributed by atoms with van der Waals surface area (Å²) in [6.07, 6.45) is 1.81. The van der Waals surface area contributed by atoms with Gasteiger partial charge in [-0.2, -0.15) is 0 Å². The van der Waals surface area contributed by atoms with Crippen molar-refractivity contribution in [3.8, 4) is 0 Å². The molecule has 0 fully saturated rings. The zero-order valence-electron chi connectivity index (χ0n) is 7.83. The third-order valence-electron chi connectivity index (χ3n) is 2.04. The van der Waals surface area contributed by atoms with Crippen LogP contribution in [-0.4, -0.2) is 12.1 Å². The van der Waals surface area contributed by atoms with E-state index in [4.69, 9.17) is 16.3 Å². The summed E-state index contributed by atoms with van der Waals surface area (Å²) in [5.41, 5.74) is 1.95. The van der Waals surface area contributed by atoms with E-state index in [0.717, 1.165) is 21.5 Å². The quantitative estimate of drug-likeness (QED) is 0.755. The number of benzene rings is 1. The van der Waals surface area contributed by atoms with E-state index in [1.807, 2.05) is 30.5 Å². The number of fused-ring (bicyclic) bond motifs is 1. The Labute approximate surface area is 87.5 Å². The number of halogens is 1. The molecule has 2 aromatic rings. The molecule has 0 aliphatic heterocycles. The summed E-state index contributed by atoms with van der Waals surface area (Å²) in [7, 11) is 1.66. The van der Waals surface area contributed by atoms with Gasteiger partial charge in [0.15, 0.2) is 0 Å². The van der Waals surface area contributed by atoms with Crippen LogP contribution in [0.5, 0.6) is 0 Å². The number of rotatable bonds is 2. The molecule has 0 aliphatic rings. The van der Waals surface area contributed by atoms with Gasteiger partial charge >= 0.3 is 0 Å². The summed E-state index contributed by atoms with van der Waals surface area (Å²) in [6.45, 7) is 0.564. The van der Waals surface area contributed by atoms with E-state index in [1.165, 1.54) is 0 Å². The molecule has 0 unspecified atom stereocenters. The summed E-state index contributed by atoms with van der Waals surface area (Å²) < 4.78 is 5.03. The molecule has 0 spiro atoms. The molecular formula is C11H10ClNO. The molecule has 1 heterocycles. The van der Waals surface area contributed by atoms with Gasteiger partial charge in [0.05, 0.1) is 12.1 Å². The van der Waals surface area contributed by atoms with E-state index < -0.39 is 0 Å². The topological polar surface area (TPSA) is 22.1 Å². The number of hydrogen-bond acceptors (Lipinski definition) is 2. The maximum Gasteiger partial charge on any atom is 0.0728 e. The van der Waals surface area contributed by atoms with Crippen LogP contribution in [0, 0.1) is 0 Å². The van der Waals surface area contributed by atoms with Gasteiger partial charge < -0.3 is 4.74 Å². The van der Waals surface area contributed by atoms with Crippen molar-refractivity contribution in [3.05, 3.63) is 41.0 Å². The maximum absolute atomic E-state index is 6.05. The third kappa shape index (κ3) is 1.72. The predicted molar refractivity (Wildman–Crippen MR) is 57.5 cm³/mol. The second kappa shape index (κ2) is 3.95. The van der Waals surface area contributed by atoms with Crippen molar-refractivity contribution in [2.24, 2.45) is 0 Å². The van der Waals surface area contributed by atoms with Gasteiger partial charge in [-0.25, -0.2) is 0 Å². The summed E-state index contributed by atoms with van der Waals surface area (Å²) in [5.74, 6) is 0. The molecular weight excluding hydrogens is 198 g/mol. The van der Waals surface area contributed by atoms with Gasteiger partial charge in [-0.05, 0) is 23.8 Å². The van der Waals surface area contributed by atoms with Gasteiger partial charge in [-0.3, -0.25) is 4.98 Å². The van der Waals surface area contributed by atoms with Crippen LogP contribution in [0.4, 0.5) is 0 Å². The lowest BCUT2D eigenvalue weighted by molar-refractivity contribution is 0.185. The lowest BCUT2D eigenvalue weighted by Gasteiger charge is -2.02. The first-order valence-corrected chi connectivity index (χ1v) is 4.71. The minimum atomic E-state index is 0.564. The fourth-order valence-electron chi connectivity index (χ4n) is 1.40. The van der Waals surface area contributed by atoms with E-state index in [-0.39, 0.29) is 0 Å². The Morgan fingerprint density at radius 1 is 1.43 bits per heavy atom. The van der Waals surface area contributed by atoms with Crippen molar-refractivity contribution >= 4 is 22.5 Å². The lowest BCUT2D eigenvalue weighted by atomic mass is 10.2. The van der Waals surface area contributed by atoms with E-state index in [1.54, 1.807) is 7.11 Å². The van der Waals surface area contributed by atoms with Gasteiger partial charge in [-0.15, -0.1) is 0 Å². The smallest absolute Gasteiger partial charge is 0.0728 e. The minimum absolute atomic E-state index is 0.564. The average molecular weight is 208 g/mol. The molecule has 2 nitrogen and oxygen atoms in total. The maximum atomic E-state index is 6.05. The summed E-state index contributed by atoms with van der Waals surface area (Å²) >= 11 is 6.05. The van der Waals surface area contributed by atoms with Crippen molar-refractivity contribution in [3.63, 3.8) is 0 Å². The van der Waals surface area contributed by atoms with E-state index in [2.05, 4.69) is 4.98 Å². The molecule has 3 heteroatoms. The number of ether oxygens (including phenoxy) is 1. The molecule has 72 valence electrons. The summed E-state index contributed by atoms with van der Waals surface area (Å²) in [4.78, 5) is 4.30. The standard InChI is InChI=1S/C11H10ClNO/c1-14-7-8-5-9-10(12)3-2-4-11(9)13-6-8/h2-6H,7H2,1H3. The highest BCUT2D eigenvalue weighted by molar-refractivity contribution is 6.35. The van der Waals surface area contributed by atoms with Gasteiger partial charge in [0, 0.05) is 23.7 Å². The largest absolute Gasteiger partial charge is 0.380 e. The van der Waals surface area contributed by atoms with Crippen molar-refractivity contribution in [1.82, 2.24) is 4.98 Å². The van der Waals surface area contributed by atoms with E-state index >= 15 is 0 Å². The highest BCUT2D eigenvalue weighted by atomic mass is 35.5. The van der Waals surface area contributed by atoms with Crippen molar-refractivity contribution < 1.29 is 4.74 Å². The molecule has 1 aromatic heterocycles. The van der Waals surface area contributed by atoms with Crippen LogP contribution in [0.3, 0.4) is 0 Å². The summed E-state index contributed by atoms with van der Waals surface area (Å²) in [6, 6.07) is 7.71. The predicted octanol–water partition coefficient (Wildman–Crippen LogP) is 3.03.